The largest absolute Gasteiger partial charge is 0.481 e. The Balaban J connectivity index is 3.67. The molecule has 4 nitrogen and oxygen atoms in total. The smallest absolute Gasteiger partial charge is 0.304 e. The van der Waals surface area contributed by atoms with Gasteiger partial charge in [0.2, 0.25) is 5.91 Å². The van der Waals surface area contributed by atoms with E-state index in [0.29, 0.717) is 12.5 Å². The molecule has 0 aromatic heterocycles. The fraction of sp³-hybridized carbons (Fsp3) is 0.800. The molecule has 0 rings (SSSR count). The van der Waals surface area contributed by atoms with E-state index < -0.39 is 11.9 Å². The maximum absolute atomic E-state index is 11.3. The molecule has 0 bridgehead atoms. The van der Waals surface area contributed by atoms with Gasteiger partial charge in [-0.05, 0) is 12.3 Å². The highest BCUT2D eigenvalue weighted by atomic mass is 16.4. The van der Waals surface area contributed by atoms with Crippen molar-refractivity contribution in [1.82, 2.24) is 5.32 Å². The molecule has 0 aliphatic rings. The molecule has 0 saturated carbocycles. The van der Waals surface area contributed by atoms with Gasteiger partial charge in [0.15, 0.2) is 0 Å². The third-order valence-electron chi connectivity index (χ3n) is 1.95. The zero-order valence-corrected chi connectivity index (χ0v) is 9.04. The summed E-state index contributed by atoms with van der Waals surface area (Å²) >= 11 is 0. The summed E-state index contributed by atoms with van der Waals surface area (Å²) in [5.74, 6) is -1.01. The minimum absolute atomic E-state index is 0.104. The first kappa shape index (κ1) is 12.9. The number of carbonyl (C=O) groups excluding carboxylic acids is 1. The summed E-state index contributed by atoms with van der Waals surface area (Å²) < 4.78 is 0. The number of hydrogen-bond acceptors (Lipinski definition) is 2. The van der Waals surface area contributed by atoms with Crippen LogP contribution in [-0.2, 0) is 9.59 Å². The Kier molecular flexibility index (Phi) is 5.92. The van der Waals surface area contributed by atoms with Crippen LogP contribution in [-0.4, -0.2) is 23.5 Å². The Hall–Kier alpha value is -1.06. The number of hydrogen-bond donors (Lipinski definition) is 2. The molecule has 0 heterocycles. The van der Waals surface area contributed by atoms with Crippen molar-refractivity contribution in [2.45, 2.75) is 33.6 Å². The summed E-state index contributed by atoms with van der Waals surface area (Å²) in [6, 6.07) is 0. The van der Waals surface area contributed by atoms with Crippen LogP contribution in [0, 0.1) is 11.8 Å². The molecular formula is C10H19NO3. The van der Waals surface area contributed by atoms with Crippen molar-refractivity contribution < 1.29 is 14.7 Å². The molecule has 0 radical (unpaired) electrons. The predicted molar refractivity (Wildman–Crippen MR) is 53.9 cm³/mol. The van der Waals surface area contributed by atoms with Crippen molar-refractivity contribution in [2.24, 2.45) is 11.8 Å². The second kappa shape index (κ2) is 6.40. The second-order valence-corrected chi connectivity index (χ2v) is 3.97. The number of carboxylic acids is 1. The van der Waals surface area contributed by atoms with Crippen LogP contribution >= 0.6 is 0 Å². The lowest BCUT2D eigenvalue weighted by Crippen LogP contribution is -2.31. The van der Waals surface area contributed by atoms with E-state index in [1.807, 2.05) is 0 Å². The Morgan fingerprint density at radius 2 is 1.86 bits per heavy atom. The van der Waals surface area contributed by atoms with Gasteiger partial charge >= 0.3 is 5.97 Å². The van der Waals surface area contributed by atoms with E-state index in [-0.39, 0.29) is 12.3 Å². The highest BCUT2D eigenvalue weighted by Gasteiger charge is 2.15. The van der Waals surface area contributed by atoms with E-state index in [1.54, 1.807) is 6.92 Å². The molecule has 0 saturated heterocycles. The minimum atomic E-state index is -0.934. The summed E-state index contributed by atoms with van der Waals surface area (Å²) in [4.78, 5) is 21.6. The summed E-state index contributed by atoms with van der Waals surface area (Å²) in [5.41, 5.74) is 0. The summed E-state index contributed by atoms with van der Waals surface area (Å²) in [6.07, 6.45) is 0.818. The summed E-state index contributed by atoms with van der Waals surface area (Å²) in [5, 5.41) is 11.2. The average molecular weight is 201 g/mol. The highest BCUT2D eigenvalue weighted by molar-refractivity contribution is 5.82. The standard InChI is InChI=1S/C10H19NO3/c1-7(2)4-5-11-10(14)8(3)6-9(12)13/h7-8H,4-6H2,1-3H3,(H,11,14)(H,12,13). The van der Waals surface area contributed by atoms with Gasteiger partial charge in [0.05, 0.1) is 6.42 Å². The molecule has 0 aliphatic carbocycles. The molecule has 0 fully saturated rings. The van der Waals surface area contributed by atoms with E-state index in [4.69, 9.17) is 5.11 Å². The number of nitrogens with one attached hydrogen (secondary N) is 1. The van der Waals surface area contributed by atoms with Crippen LogP contribution in [0.5, 0.6) is 0 Å². The number of carboxylic acid groups (broad SMARTS) is 1. The molecule has 1 unspecified atom stereocenters. The molecule has 14 heavy (non-hydrogen) atoms. The Morgan fingerprint density at radius 3 is 2.29 bits per heavy atom. The van der Waals surface area contributed by atoms with Crippen LogP contribution in [0.25, 0.3) is 0 Å². The zero-order valence-electron chi connectivity index (χ0n) is 9.04. The molecule has 1 atom stereocenters. The summed E-state index contributed by atoms with van der Waals surface area (Å²) in [7, 11) is 0. The summed E-state index contributed by atoms with van der Waals surface area (Å²) in [6.45, 7) is 6.40. The monoisotopic (exact) mass is 201 g/mol. The van der Waals surface area contributed by atoms with Crippen molar-refractivity contribution in [3.8, 4) is 0 Å². The van der Waals surface area contributed by atoms with E-state index in [9.17, 15) is 9.59 Å². The van der Waals surface area contributed by atoms with Gasteiger partial charge in [0.1, 0.15) is 0 Å². The lowest BCUT2D eigenvalue weighted by Gasteiger charge is -2.10. The van der Waals surface area contributed by atoms with E-state index in [1.165, 1.54) is 0 Å². The third-order valence-corrected chi connectivity index (χ3v) is 1.95. The van der Waals surface area contributed by atoms with Gasteiger partial charge in [0, 0.05) is 12.5 Å². The Morgan fingerprint density at radius 1 is 1.29 bits per heavy atom. The molecule has 4 heteroatoms. The van der Waals surface area contributed by atoms with E-state index >= 15 is 0 Å². The first-order valence-electron chi connectivity index (χ1n) is 4.93. The van der Waals surface area contributed by atoms with E-state index in [2.05, 4.69) is 19.2 Å². The fourth-order valence-corrected chi connectivity index (χ4v) is 1.01. The lowest BCUT2D eigenvalue weighted by atomic mass is 10.1. The highest BCUT2D eigenvalue weighted by Crippen LogP contribution is 2.02. The maximum atomic E-state index is 11.3. The normalized spacial score (nSPS) is 12.6. The quantitative estimate of drug-likeness (QED) is 0.680. The van der Waals surface area contributed by atoms with Gasteiger partial charge in [-0.3, -0.25) is 9.59 Å². The second-order valence-electron chi connectivity index (χ2n) is 3.97. The van der Waals surface area contributed by atoms with Crippen molar-refractivity contribution in [3.63, 3.8) is 0 Å². The van der Waals surface area contributed by atoms with Crippen molar-refractivity contribution in [1.29, 1.82) is 0 Å². The molecule has 0 aromatic carbocycles. The van der Waals surface area contributed by atoms with Gasteiger partial charge in [-0.2, -0.15) is 0 Å². The van der Waals surface area contributed by atoms with Gasteiger partial charge in [-0.1, -0.05) is 20.8 Å². The Labute approximate surface area is 84.7 Å². The van der Waals surface area contributed by atoms with Crippen LogP contribution in [0.4, 0.5) is 0 Å². The molecule has 82 valence electrons. The van der Waals surface area contributed by atoms with Crippen molar-refractivity contribution >= 4 is 11.9 Å². The van der Waals surface area contributed by atoms with Crippen LogP contribution in [0.3, 0.4) is 0 Å². The van der Waals surface area contributed by atoms with Crippen LogP contribution in [0.15, 0.2) is 0 Å². The van der Waals surface area contributed by atoms with Crippen molar-refractivity contribution in [3.05, 3.63) is 0 Å². The number of rotatable bonds is 6. The van der Waals surface area contributed by atoms with Crippen LogP contribution < -0.4 is 5.32 Å². The first-order chi connectivity index (χ1) is 6.43. The fourth-order valence-electron chi connectivity index (χ4n) is 1.01. The number of aliphatic carboxylic acids is 1. The van der Waals surface area contributed by atoms with Gasteiger partial charge in [-0.25, -0.2) is 0 Å². The third kappa shape index (κ3) is 6.46. The van der Waals surface area contributed by atoms with Gasteiger partial charge in [-0.15, -0.1) is 0 Å². The van der Waals surface area contributed by atoms with Gasteiger partial charge < -0.3 is 10.4 Å². The Bertz CT molecular complexity index is 202. The molecule has 0 aromatic rings. The van der Waals surface area contributed by atoms with E-state index in [0.717, 1.165) is 6.42 Å². The SMILES string of the molecule is CC(C)CCNC(=O)C(C)CC(=O)O. The molecule has 0 spiro atoms. The van der Waals surface area contributed by atoms with Gasteiger partial charge in [0.25, 0.3) is 0 Å². The van der Waals surface area contributed by atoms with Crippen LogP contribution in [0.2, 0.25) is 0 Å². The van der Waals surface area contributed by atoms with Crippen molar-refractivity contribution in [2.75, 3.05) is 6.54 Å². The van der Waals surface area contributed by atoms with Crippen LogP contribution in [0.1, 0.15) is 33.6 Å². The number of amides is 1. The molecule has 0 aliphatic heterocycles. The average Bonchev–Trinajstić information content (AvgIpc) is 2.01. The molecule has 1 amide bonds. The predicted octanol–water partition coefficient (Wildman–Crippen LogP) is 1.26. The minimum Gasteiger partial charge on any atom is -0.481 e. The number of carbonyl (C=O) groups is 2. The topological polar surface area (TPSA) is 66.4 Å². The maximum Gasteiger partial charge on any atom is 0.304 e. The molecule has 2 N–H and O–H groups in total. The molecular weight excluding hydrogens is 182 g/mol. The zero-order chi connectivity index (χ0) is 11.1. The first-order valence-corrected chi connectivity index (χ1v) is 4.93. The lowest BCUT2D eigenvalue weighted by molar-refractivity contribution is -0.140.